The van der Waals surface area contributed by atoms with Gasteiger partial charge in [-0.15, -0.1) is 0 Å². The molecule has 174 valence electrons. The van der Waals surface area contributed by atoms with Crippen LogP contribution in [0.2, 0.25) is 0 Å². The third kappa shape index (κ3) is 6.07. The van der Waals surface area contributed by atoms with Crippen molar-refractivity contribution in [1.29, 1.82) is 0 Å². The second-order valence-corrected chi connectivity index (χ2v) is 9.09. The standard InChI is InChI=1S/C20H30N2O8S/c1-26-17-13-16(14-20(23)30-12-5-21-3-8-28-9-4-21)19(15-18(17)27-2)31(24,25)22-6-10-29-11-7-22/h13,15H,3-12,14H2,1-2H3. The van der Waals surface area contributed by atoms with Gasteiger partial charge in [0.25, 0.3) is 0 Å². The number of benzene rings is 1. The molecule has 0 N–H and O–H groups in total. The molecule has 2 heterocycles. The highest BCUT2D eigenvalue weighted by Crippen LogP contribution is 2.34. The van der Waals surface area contributed by atoms with Gasteiger partial charge >= 0.3 is 5.97 Å². The van der Waals surface area contributed by atoms with Crippen molar-refractivity contribution in [2.45, 2.75) is 11.3 Å². The van der Waals surface area contributed by atoms with Crippen LogP contribution in [0.5, 0.6) is 11.5 Å². The highest BCUT2D eigenvalue weighted by Gasteiger charge is 2.31. The molecule has 2 saturated heterocycles. The van der Waals surface area contributed by atoms with Crippen LogP contribution in [0.15, 0.2) is 17.0 Å². The van der Waals surface area contributed by atoms with Crippen molar-refractivity contribution in [3.8, 4) is 11.5 Å². The molecule has 0 aromatic heterocycles. The highest BCUT2D eigenvalue weighted by atomic mass is 32.2. The first-order valence-electron chi connectivity index (χ1n) is 10.2. The Morgan fingerprint density at radius 2 is 1.55 bits per heavy atom. The van der Waals surface area contributed by atoms with Gasteiger partial charge in [0.2, 0.25) is 10.0 Å². The average Bonchev–Trinajstić information content (AvgIpc) is 2.80. The zero-order valence-electron chi connectivity index (χ0n) is 18.0. The van der Waals surface area contributed by atoms with Gasteiger partial charge in [-0.05, 0) is 11.6 Å². The van der Waals surface area contributed by atoms with Crippen molar-refractivity contribution in [2.24, 2.45) is 0 Å². The summed E-state index contributed by atoms with van der Waals surface area (Å²) in [5.74, 6) is 0.122. The summed E-state index contributed by atoms with van der Waals surface area (Å²) in [6.07, 6.45) is -0.192. The van der Waals surface area contributed by atoms with Crippen LogP contribution in [-0.2, 0) is 35.4 Å². The number of hydrogen-bond acceptors (Lipinski definition) is 9. The van der Waals surface area contributed by atoms with E-state index in [1.54, 1.807) is 0 Å². The van der Waals surface area contributed by atoms with Crippen molar-refractivity contribution in [3.63, 3.8) is 0 Å². The lowest BCUT2D eigenvalue weighted by Crippen LogP contribution is -2.41. The number of ether oxygens (including phenoxy) is 5. The van der Waals surface area contributed by atoms with Crippen molar-refractivity contribution < 1.29 is 36.9 Å². The predicted molar refractivity (Wildman–Crippen MR) is 111 cm³/mol. The van der Waals surface area contributed by atoms with E-state index < -0.39 is 16.0 Å². The molecular weight excluding hydrogens is 428 g/mol. The maximum atomic E-state index is 13.3. The summed E-state index contributed by atoms with van der Waals surface area (Å²) in [5.41, 5.74) is 0.306. The fourth-order valence-corrected chi connectivity index (χ4v) is 5.15. The highest BCUT2D eigenvalue weighted by molar-refractivity contribution is 7.89. The number of hydrogen-bond donors (Lipinski definition) is 0. The zero-order chi connectivity index (χ0) is 22.3. The number of sulfonamides is 1. The van der Waals surface area contributed by atoms with Crippen molar-refractivity contribution in [1.82, 2.24) is 9.21 Å². The largest absolute Gasteiger partial charge is 0.493 e. The second-order valence-electron chi connectivity index (χ2n) is 7.18. The summed E-state index contributed by atoms with van der Waals surface area (Å²) in [4.78, 5) is 14.7. The topological polar surface area (TPSA) is 104 Å². The summed E-state index contributed by atoms with van der Waals surface area (Å²) >= 11 is 0. The molecule has 0 bridgehead atoms. The molecular formula is C20H30N2O8S. The van der Waals surface area contributed by atoms with Crippen LogP contribution in [0.1, 0.15) is 5.56 Å². The lowest BCUT2D eigenvalue weighted by molar-refractivity contribution is -0.143. The molecule has 2 aliphatic heterocycles. The molecule has 10 nitrogen and oxygen atoms in total. The zero-order valence-corrected chi connectivity index (χ0v) is 18.8. The van der Waals surface area contributed by atoms with E-state index in [2.05, 4.69) is 4.90 Å². The van der Waals surface area contributed by atoms with E-state index in [1.807, 2.05) is 0 Å². The summed E-state index contributed by atoms with van der Waals surface area (Å²) in [5, 5.41) is 0. The normalized spacial score (nSPS) is 18.5. The molecule has 0 spiro atoms. The number of nitrogens with zero attached hydrogens (tertiary/aromatic N) is 2. The molecule has 3 rings (SSSR count). The lowest BCUT2D eigenvalue weighted by atomic mass is 10.1. The Morgan fingerprint density at radius 1 is 0.968 bits per heavy atom. The van der Waals surface area contributed by atoms with Crippen LogP contribution in [0, 0.1) is 0 Å². The third-order valence-electron chi connectivity index (χ3n) is 5.26. The van der Waals surface area contributed by atoms with Crippen molar-refractivity contribution >= 4 is 16.0 Å². The number of esters is 1. The molecule has 1 aromatic carbocycles. The van der Waals surface area contributed by atoms with Gasteiger partial charge in [0, 0.05) is 38.8 Å². The lowest BCUT2D eigenvalue weighted by Gasteiger charge is -2.27. The van der Waals surface area contributed by atoms with Gasteiger partial charge < -0.3 is 23.7 Å². The second kappa shape index (κ2) is 11.1. The predicted octanol–water partition coefficient (Wildman–Crippen LogP) is 0.143. The van der Waals surface area contributed by atoms with E-state index in [1.165, 1.54) is 30.7 Å². The number of carbonyl (C=O) groups is 1. The SMILES string of the molecule is COc1cc(CC(=O)OCCN2CCOCC2)c(S(=O)(=O)N2CCOCC2)cc1OC. The fourth-order valence-electron chi connectivity index (χ4n) is 3.53. The van der Waals surface area contributed by atoms with E-state index >= 15 is 0 Å². The Hall–Kier alpha value is -1.92. The Labute approximate surface area is 183 Å². The molecule has 0 radical (unpaired) electrons. The molecule has 11 heteroatoms. The average molecular weight is 459 g/mol. The van der Waals surface area contributed by atoms with Gasteiger partial charge in [-0.2, -0.15) is 4.31 Å². The summed E-state index contributed by atoms with van der Waals surface area (Å²) < 4.78 is 54.4. The molecule has 0 saturated carbocycles. The maximum Gasteiger partial charge on any atom is 0.310 e. The molecule has 0 atom stereocenters. The minimum atomic E-state index is -3.85. The van der Waals surface area contributed by atoms with Gasteiger partial charge in [0.05, 0.1) is 52.0 Å². The van der Waals surface area contributed by atoms with Gasteiger partial charge in [0.1, 0.15) is 6.61 Å². The molecule has 31 heavy (non-hydrogen) atoms. The molecule has 2 aliphatic rings. The smallest absolute Gasteiger partial charge is 0.310 e. The van der Waals surface area contributed by atoms with Crippen LogP contribution in [0.25, 0.3) is 0 Å². The quantitative estimate of drug-likeness (QED) is 0.478. The molecule has 0 amide bonds. The molecule has 2 fully saturated rings. The van der Waals surface area contributed by atoms with Crippen LogP contribution in [-0.4, -0.2) is 104 Å². The molecule has 0 aliphatic carbocycles. The van der Waals surface area contributed by atoms with Crippen molar-refractivity contribution in [2.75, 3.05) is 80.0 Å². The summed E-state index contributed by atoms with van der Waals surface area (Å²) in [6.45, 7) is 4.93. The monoisotopic (exact) mass is 458 g/mol. The van der Waals surface area contributed by atoms with E-state index in [-0.39, 0.29) is 36.8 Å². The van der Waals surface area contributed by atoms with E-state index in [0.717, 1.165) is 13.1 Å². The van der Waals surface area contributed by atoms with Gasteiger partial charge in [-0.3, -0.25) is 9.69 Å². The molecule has 0 unspecified atom stereocenters. The Morgan fingerprint density at radius 3 is 2.16 bits per heavy atom. The summed E-state index contributed by atoms with van der Waals surface area (Å²) in [6, 6.07) is 2.93. The van der Waals surface area contributed by atoms with Gasteiger partial charge in [-0.1, -0.05) is 0 Å². The van der Waals surface area contributed by atoms with Gasteiger partial charge in [-0.25, -0.2) is 8.42 Å². The van der Waals surface area contributed by atoms with E-state index in [4.69, 9.17) is 23.7 Å². The Bertz CT molecular complexity index is 849. The minimum Gasteiger partial charge on any atom is -0.493 e. The first-order chi connectivity index (χ1) is 15.0. The maximum absolute atomic E-state index is 13.3. The first kappa shape index (κ1) is 23.7. The Kier molecular flexibility index (Phi) is 8.50. The van der Waals surface area contributed by atoms with Crippen LogP contribution in [0.4, 0.5) is 0 Å². The van der Waals surface area contributed by atoms with E-state index in [9.17, 15) is 13.2 Å². The third-order valence-corrected chi connectivity index (χ3v) is 7.24. The van der Waals surface area contributed by atoms with Crippen LogP contribution in [0.3, 0.4) is 0 Å². The summed E-state index contributed by atoms with van der Waals surface area (Å²) in [7, 11) is -0.956. The molecule has 1 aromatic rings. The first-order valence-corrected chi connectivity index (χ1v) is 11.7. The fraction of sp³-hybridized carbons (Fsp3) is 0.650. The Balaban J connectivity index is 1.76. The van der Waals surface area contributed by atoms with Crippen LogP contribution < -0.4 is 9.47 Å². The number of rotatable bonds is 9. The van der Waals surface area contributed by atoms with E-state index in [0.29, 0.717) is 44.3 Å². The van der Waals surface area contributed by atoms with Gasteiger partial charge in [0.15, 0.2) is 11.5 Å². The number of morpholine rings is 2. The van der Waals surface area contributed by atoms with Crippen molar-refractivity contribution in [3.05, 3.63) is 17.7 Å². The number of carbonyl (C=O) groups excluding carboxylic acids is 1. The van der Waals surface area contributed by atoms with Crippen LogP contribution >= 0.6 is 0 Å². The minimum absolute atomic E-state index is 0.0113. The number of methoxy groups -OCH3 is 2.